The van der Waals surface area contributed by atoms with Crippen molar-refractivity contribution in [2.24, 2.45) is 0 Å². The van der Waals surface area contributed by atoms with Crippen molar-refractivity contribution in [1.29, 1.82) is 0 Å². The van der Waals surface area contributed by atoms with E-state index in [0.29, 0.717) is 0 Å². The highest BCUT2D eigenvalue weighted by Gasteiger charge is 2.53. The van der Waals surface area contributed by atoms with Crippen molar-refractivity contribution >= 4 is 0 Å². The minimum atomic E-state index is -0.809. The Bertz CT molecular complexity index is 205. The van der Waals surface area contributed by atoms with Gasteiger partial charge in [0, 0.05) is 0 Å². The van der Waals surface area contributed by atoms with Crippen molar-refractivity contribution in [2.75, 3.05) is 6.61 Å². The SMILES string of the molecule is CC1(C)O[C@@H]2O[C@H](CO)[C@H](O)[C@H]2O1. The van der Waals surface area contributed by atoms with E-state index in [-0.39, 0.29) is 6.61 Å². The summed E-state index contributed by atoms with van der Waals surface area (Å²) in [6, 6.07) is 0. The van der Waals surface area contributed by atoms with Gasteiger partial charge >= 0.3 is 0 Å². The second-order valence-electron chi connectivity index (χ2n) is 3.82. The van der Waals surface area contributed by atoms with E-state index in [4.69, 9.17) is 19.3 Å². The number of fused-ring (bicyclic) bond motifs is 1. The second-order valence-corrected chi connectivity index (χ2v) is 3.82. The molecule has 0 aromatic rings. The van der Waals surface area contributed by atoms with Crippen LogP contribution in [0.15, 0.2) is 0 Å². The molecule has 5 nitrogen and oxygen atoms in total. The molecule has 2 heterocycles. The van der Waals surface area contributed by atoms with Crippen LogP contribution in [0, 0.1) is 0 Å². The predicted octanol–water partition coefficient (Wildman–Crippen LogP) is -0.784. The molecule has 5 heteroatoms. The van der Waals surface area contributed by atoms with Gasteiger partial charge in [-0.25, -0.2) is 0 Å². The first-order valence-electron chi connectivity index (χ1n) is 4.33. The highest BCUT2D eigenvalue weighted by atomic mass is 16.8. The number of aliphatic hydroxyl groups excluding tert-OH is 2. The van der Waals surface area contributed by atoms with Crippen LogP contribution in [0.25, 0.3) is 0 Å². The average Bonchev–Trinajstić information content (AvgIpc) is 2.47. The maximum atomic E-state index is 9.60. The van der Waals surface area contributed by atoms with Crippen LogP contribution in [0.5, 0.6) is 0 Å². The molecule has 0 radical (unpaired) electrons. The van der Waals surface area contributed by atoms with Crippen LogP contribution in [-0.4, -0.2) is 47.2 Å². The maximum Gasteiger partial charge on any atom is 0.190 e. The highest BCUT2D eigenvalue weighted by molar-refractivity contribution is 4.92. The average molecular weight is 190 g/mol. The summed E-state index contributed by atoms with van der Waals surface area (Å²) < 4.78 is 16.0. The number of hydrogen-bond donors (Lipinski definition) is 2. The first-order valence-corrected chi connectivity index (χ1v) is 4.33. The van der Waals surface area contributed by atoms with Crippen LogP contribution in [0.1, 0.15) is 13.8 Å². The first-order chi connectivity index (χ1) is 6.03. The number of rotatable bonds is 1. The Hall–Kier alpha value is -0.200. The highest BCUT2D eigenvalue weighted by Crippen LogP contribution is 2.36. The number of aliphatic hydroxyl groups is 2. The molecular weight excluding hydrogens is 176 g/mol. The van der Waals surface area contributed by atoms with E-state index in [0.717, 1.165) is 0 Å². The summed E-state index contributed by atoms with van der Waals surface area (Å²) in [6.07, 6.45) is -2.43. The minimum Gasteiger partial charge on any atom is -0.394 e. The molecule has 4 atom stereocenters. The van der Waals surface area contributed by atoms with Crippen molar-refractivity contribution in [3.05, 3.63) is 0 Å². The summed E-state index contributed by atoms with van der Waals surface area (Å²) in [5.74, 6) is -0.712. The summed E-state index contributed by atoms with van der Waals surface area (Å²) in [4.78, 5) is 0. The van der Waals surface area contributed by atoms with Gasteiger partial charge in [0.15, 0.2) is 12.1 Å². The third-order valence-corrected chi connectivity index (χ3v) is 2.29. The summed E-state index contributed by atoms with van der Waals surface area (Å²) in [7, 11) is 0. The molecular formula is C8H14O5. The third-order valence-electron chi connectivity index (χ3n) is 2.29. The molecule has 13 heavy (non-hydrogen) atoms. The maximum absolute atomic E-state index is 9.60. The quantitative estimate of drug-likeness (QED) is 0.567. The van der Waals surface area contributed by atoms with Gasteiger partial charge in [0.2, 0.25) is 0 Å². The summed E-state index contributed by atoms with van der Waals surface area (Å²) in [5, 5.41) is 18.4. The van der Waals surface area contributed by atoms with Gasteiger partial charge in [-0.3, -0.25) is 0 Å². The first kappa shape index (κ1) is 9.36. The zero-order valence-corrected chi connectivity index (χ0v) is 7.64. The van der Waals surface area contributed by atoms with Crippen molar-refractivity contribution in [2.45, 2.75) is 44.2 Å². The number of ether oxygens (including phenoxy) is 3. The van der Waals surface area contributed by atoms with E-state index in [1.807, 2.05) is 0 Å². The van der Waals surface area contributed by atoms with E-state index in [2.05, 4.69) is 0 Å². The molecule has 2 aliphatic rings. The second kappa shape index (κ2) is 2.90. The third kappa shape index (κ3) is 1.47. The molecule has 0 bridgehead atoms. The van der Waals surface area contributed by atoms with Gasteiger partial charge in [-0.1, -0.05) is 0 Å². The van der Waals surface area contributed by atoms with Crippen molar-refractivity contribution in [3.8, 4) is 0 Å². The smallest absolute Gasteiger partial charge is 0.190 e. The Kier molecular flexibility index (Phi) is 2.08. The van der Waals surface area contributed by atoms with Crippen LogP contribution in [0.4, 0.5) is 0 Å². The zero-order chi connectivity index (χ0) is 9.64. The molecule has 2 fully saturated rings. The van der Waals surface area contributed by atoms with Crippen molar-refractivity contribution in [1.82, 2.24) is 0 Å². The molecule has 2 rings (SSSR count). The monoisotopic (exact) mass is 190 g/mol. The van der Waals surface area contributed by atoms with Crippen LogP contribution < -0.4 is 0 Å². The van der Waals surface area contributed by atoms with Crippen molar-refractivity contribution < 1.29 is 24.4 Å². The van der Waals surface area contributed by atoms with Gasteiger partial charge in [-0.2, -0.15) is 0 Å². The van der Waals surface area contributed by atoms with E-state index in [1.54, 1.807) is 13.8 Å². The predicted molar refractivity (Wildman–Crippen MR) is 41.8 cm³/mol. The van der Waals surface area contributed by atoms with Crippen LogP contribution in [-0.2, 0) is 14.2 Å². The molecule has 76 valence electrons. The Balaban J connectivity index is 2.07. The summed E-state index contributed by atoms with van der Waals surface area (Å²) in [5.41, 5.74) is 0. The van der Waals surface area contributed by atoms with Gasteiger partial charge in [0.1, 0.15) is 18.3 Å². The molecule has 0 aliphatic carbocycles. The molecule has 2 saturated heterocycles. The minimum absolute atomic E-state index is 0.221. The van der Waals surface area contributed by atoms with Gasteiger partial charge in [0.05, 0.1) is 6.61 Å². The Morgan fingerprint density at radius 3 is 2.54 bits per heavy atom. The molecule has 0 spiro atoms. The lowest BCUT2D eigenvalue weighted by atomic mass is 10.1. The zero-order valence-electron chi connectivity index (χ0n) is 7.64. The van der Waals surface area contributed by atoms with Crippen molar-refractivity contribution in [3.63, 3.8) is 0 Å². The summed E-state index contributed by atoms with van der Waals surface area (Å²) >= 11 is 0. The number of hydrogen-bond acceptors (Lipinski definition) is 5. The molecule has 0 saturated carbocycles. The molecule has 0 aromatic carbocycles. The van der Waals surface area contributed by atoms with Gasteiger partial charge in [-0.15, -0.1) is 0 Å². The lowest BCUT2D eigenvalue weighted by Crippen LogP contribution is -2.36. The fraction of sp³-hybridized carbons (Fsp3) is 1.00. The topological polar surface area (TPSA) is 68.2 Å². The fourth-order valence-corrected chi connectivity index (χ4v) is 1.71. The van der Waals surface area contributed by atoms with Crippen LogP contribution in [0.3, 0.4) is 0 Å². The molecule has 2 aliphatic heterocycles. The normalized spacial score (nSPS) is 48.0. The van der Waals surface area contributed by atoms with E-state index in [1.165, 1.54) is 0 Å². The van der Waals surface area contributed by atoms with Gasteiger partial charge in [0.25, 0.3) is 0 Å². The Morgan fingerprint density at radius 1 is 1.31 bits per heavy atom. The molecule has 2 N–H and O–H groups in total. The van der Waals surface area contributed by atoms with Gasteiger partial charge < -0.3 is 24.4 Å². The van der Waals surface area contributed by atoms with Gasteiger partial charge in [-0.05, 0) is 13.8 Å². The molecule has 0 amide bonds. The summed E-state index contributed by atoms with van der Waals surface area (Å²) in [6.45, 7) is 3.30. The standard InChI is InChI=1S/C8H14O5/c1-8(2)12-6-5(10)4(3-9)11-7(6)13-8/h4-7,9-10H,3H2,1-2H3/t4-,5+,6-,7+/m1/s1. The van der Waals surface area contributed by atoms with Crippen LogP contribution in [0.2, 0.25) is 0 Å². The lowest BCUT2D eigenvalue weighted by molar-refractivity contribution is -0.218. The van der Waals surface area contributed by atoms with E-state index < -0.39 is 30.4 Å². The molecule has 0 aromatic heterocycles. The largest absolute Gasteiger partial charge is 0.394 e. The molecule has 0 unspecified atom stereocenters. The van der Waals surface area contributed by atoms with Crippen LogP contribution >= 0.6 is 0 Å². The Labute approximate surface area is 76.2 Å². The van der Waals surface area contributed by atoms with E-state index in [9.17, 15) is 5.11 Å². The fourth-order valence-electron chi connectivity index (χ4n) is 1.71. The van der Waals surface area contributed by atoms with E-state index >= 15 is 0 Å². The lowest BCUT2D eigenvalue weighted by Gasteiger charge is -2.21. The Morgan fingerprint density at radius 2 is 2.00 bits per heavy atom.